The molecule has 0 bridgehead atoms. The van der Waals surface area contributed by atoms with E-state index in [2.05, 4.69) is 10.6 Å². The Morgan fingerprint density at radius 3 is 2.30 bits per heavy atom. The maximum Gasteiger partial charge on any atom is 0.253 e. The second-order valence-corrected chi connectivity index (χ2v) is 7.95. The number of carbonyl (C=O) groups is 2. The molecule has 27 heavy (non-hydrogen) atoms. The molecule has 2 aromatic carbocycles. The number of nitrogens with one attached hydrogen (secondary N) is 2. The van der Waals surface area contributed by atoms with Gasteiger partial charge in [0.25, 0.3) is 5.91 Å². The molecule has 0 spiro atoms. The molecule has 2 N–H and O–H groups in total. The van der Waals surface area contributed by atoms with Crippen molar-refractivity contribution in [3.05, 3.63) is 68.7 Å². The van der Waals surface area contributed by atoms with E-state index in [1.807, 2.05) is 24.3 Å². The van der Waals surface area contributed by atoms with Crippen LogP contribution < -0.4 is 10.6 Å². The van der Waals surface area contributed by atoms with Gasteiger partial charge in [0.05, 0.1) is 21.1 Å². The highest BCUT2D eigenvalue weighted by atomic mass is 35.5. The minimum absolute atomic E-state index is 0.168. The summed E-state index contributed by atoms with van der Waals surface area (Å²) >= 11 is 18.0. The van der Waals surface area contributed by atoms with Crippen molar-refractivity contribution in [1.82, 2.24) is 10.6 Å². The van der Waals surface area contributed by atoms with Crippen LogP contribution in [0.25, 0.3) is 0 Å². The quantitative estimate of drug-likeness (QED) is 0.711. The third kappa shape index (κ3) is 4.23. The second kappa shape index (κ2) is 8.09. The van der Waals surface area contributed by atoms with Gasteiger partial charge in [-0.15, -0.1) is 0 Å². The molecule has 0 saturated heterocycles. The Bertz CT molecular complexity index is 864. The lowest BCUT2D eigenvalue weighted by Crippen LogP contribution is -2.56. The molecule has 3 rings (SSSR count). The molecule has 1 unspecified atom stereocenters. The lowest BCUT2D eigenvalue weighted by molar-refractivity contribution is -0.125. The first kappa shape index (κ1) is 20.0. The first-order valence-electron chi connectivity index (χ1n) is 8.65. The number of hydrogen-bond donors (Lipinski definition) is 2. The molecule has 142 valence electrons. The molecule has 7 heteroatoms. The van der Waals surface area contributed by atoms with Gasteiger partial charge in [0.2, 0.25) is 5.91 Å². The van der Waals surface area contributed by atoms with Crippen LogP contribution in [0, 0.1) is 0 Å². The van der Waals surface area contributed by atoms with Crippen LogP contribution in [-0.4, -0.2) is 17.9 Å². The number of hydrogen-bond acceptors (Lipinski definition) is 2. The van der Waals surface area contributed by atoms with E-state index < -0.39 is 17.5 Å². The van der Waals surface area contributed by atoms with Gasteiger partial charge in [0.1, 0.15) is 6.04 Å². The van der Waals surface area contributed by atoms with Crippen LogP contribution >= 0.6 is 34.8 Å². The fourth-order valence-electron chi connectivity index (χ4n) is 3.15. The Kier molecular flexibility index (Phi) is 5.99. The third-order valence-electron chi connectivity index (χ3n) is 4.90. The van der Waals surface area contributed by atoms with Crippen molar-refractivity contribution < 1.29 is 9.59 Å². The van der Waals surface area contributed by atoms with E-state index in [-0.39, 0.29) is 21.5 Å². The zero-order valence-electron chi connectivity index (χ0n) is 14.7. The van der Waals surface area contributed by atoms with Crippen LogP contribution in [0.15, 0.2) is 42.5 Å². The summed E-state index contributed by atoms with van der Waals surface area (Å²) in [5.74, 6) is -0.699. The molecule has 2 amide bonds. The molecule has 0 aromatic heterocycles. The van der Waals surface area contributed by atoms with E-state index in [0.29, 0.717) is 5.02 Å². The highest BCUT2D eigenvalue weighted by molar-refractivity contribution is 6.43. The van der Waals surface area contributed by atoms with Gasteiger partial charge in [-0.2, -0.15) is 0 Å². The Balaban J connectivity index is 1.69. The Hall–Kier alpha value is -1.75. The van der Waals surface area contributed by atoms with Crippen LogP contribution in [0.5, 0.6) is 0 Å². The van der Waals surface area contributed by atoms with Crippen molar-refractivity contribution in [3.8, 4) is 0 Å². The number of rotatable bonds is 5. The smallest absolute Gasteiger partial charge is 0.253 e. The maximum absolute atomic E-state index is 12.7. The third-order valence-corrected chi connectivity index (χ3v) is 5.97. The van der Waals surface area contributed by atoms with Crippen molar-refractivity contribution in [2.75, 3.05) is 0 Å². The highest BCUT2D eigenvalue weighted by Crippen LogP contribution is 2.41. The van der Waals surface area contributed by atoms with Gasteiger partial charge >= 0.3 is 0 Å². The molecule has 0 radical (unpaired) electrons. The first-order valence-corrected chi connectivity index (χ1v) is 9.79. The maximum atomic E-state index is 12.7. The lowest BCUT2D eigenvalue weighted by Gasteiger charge is -2.43. The topological polar surface area (TPSA) is 58.2 Å². The Morgan fingerprint density at radius 2 is 1.70 bits per heavy atom. The molecule has 1 aliphatic rings. The zero-order valence-corrected chi connectivity index (χ0v) is 17.0. The molecule has 4 nitrogen and oxygen atoms in total. The number of carbonyl (C=O) groups excluding carboxylic acids is 2. The summed E-state index contributed by atoms with van der Waals surface area (Å²) in [4.78, 5) is 25.1. The SMILES string of the molecule is CC(NC(=O)c1cccc(Cl)c1Cl)C(=O)NC1(c2ccc(Cl)cc2)CCC1. The van der Waals surface area contributed by atoms with Gasteiger partial charge in [-0.1, -0.05) is 53.0 Å². The van der Waals surface area contributed by atoms with Gasteiger partial charge < -0.3 is 10.6 Å². The summed E-state index contributed by atoms with van der Waals surface area (Å²) in [6.45, 7) is 1.64. The second-order valence-electron chi connectivity index (χ2n) is 6.73. The summed E-state index contributed by atoms with van der Waals surface area (Å²) in [5, 5.41) is 6.88. The molecular weight excluding hydrogens is 407 g/mol. The predicted octanol–water partition coefficient (Wildman–Crippen LogP) is 4.96. The van der Waals surface area contributed by atoms with Crippen molar-refractivity contribution >= 4 is 46.6 Å². The fourth-order valence-corrected chi connectivity index (χ4v) is 3.66. The monoisotopic (exact) mass is 424 g/mol. The highest BCUT2D eigenvalue weighted by Gasteiger charge is 2.40. The van der Waals surface area contributed by atoms with Crippen molar-refractivity contribution in [1.29, 1.82) is 0 Å². The molecule has 0 heterocycles. The molecular formula is C20H19Cl3N2O2. The summed E-state index contributed by atoms with van der Waals surface area (Å²) in [6, 6.07) is 11.6. The summed E-state index contributed by atoms with van der Waals surface area (Å²) in [5.41, 5.74) is 0.844. The lowest BCUT2D eigenvalue weighted by atomic mass is 9.71. The Labute approximate surface area is 173 Å². The van der Waals surface area contributed by atoms with Crippen molar-refractivity contribution in [3.63, 3.8) is 0 Å². The van der Waals surface area contributed by atoms with Gasteiger partial charge in [0, 0.05) is 5.02 Å². The standard InChI is InChI=1S/C20H19Cl3N2O2/c1-12(24-19(27)15-4-2-5-16(22)17(15)23)18(26)25-20(10-3-11-20)13-6-8-14(21)9-7-13/h2,4-9,12H,3,10-11H2,1H3,(H,24,27)(H,25,26). The van der Waals surface area contributed by atoms with E-state index in [4.69, 9.17) is 34.8 Å². The van der Waals surface area contributed by atoms with Crippen LogP contribution in [0.1, 0.15) is 42.1 Å². The van der Waals surface area contributed by atoms with E-state index in [0.717, 1.165) is 24.8 Å². The zero-order chi connectivity index (χ0) is 19.6. The van der Waals surface area contributed by atoms with Gasteiger partial charge in [-0.25, -0.2) is 0 Å². The summed E-state index contributed by atoms with van der Waals surface area (Å²) in [6.07, 6.45) is 2.73. The van der Waals surface area contributed by atoms with Crippen molar-refractivity contribution in [2.45, 2.75) is 37.8 Å². The molecule has 1 atom stereocenters. The van der Waals surface area contributed by atoms with Gasteiger partial charge in [-0.3, -0.25) is 9.59 Å². The van der Waals surface area contributed by atoms with E-state index in [1.165, 1.54) is 0 Å². The van der Waals surface area contributed by atoms with E-state index >= 15 is 0 Å². The van der Waals surface area contributed by atoms with Crippen LogP contribution in [0.3, 0.4) is 0 Å². The molecule has 1 saturated carbocycles. The minimum atomic E-state index is -0.725. The van der Waals surface area contributed by atoms with Crippen molar-refractivity contribution in [2.24, 2.45) is 0 Å². The Morgan fingerprint density at radius 1 is 1.04 bits per heavy atom. The molecule has 1 fully saturated rings. The average Bonchev–Trinajstić information content (AvgIpc) is 2.61. The van der Waals surface area contributed by atoms with Crippen LogP contribution in [0.4, 0.5) is 0 Å². The normalized spacial score (nSPS) is 16.1. The minimum Gasteiger partial charge on any atom is -0.345 e. The largest absolute Gasteiger partial charge is 0.345 e. The molecule has 2 aromatic rings. The predicted molar refractivity (Wildman–Crippen MR) is 109 cm³/mol. The van der Waals surface area contributed by atoms with Gasteiger partial charge in [-0.05, 0) is 56.0 Å². The number of amides is 2. The summed E-state index contributed by atoms with van der Waals surface area (Å²) in [7, 11) is 0. The number of benzene rings is 2. The first-order chi connectivity index (χ1) is 12.8. The van der Waals surface area contributed by atoms with E-state index in [9.17, 15) is 9.59 Å². The van der Waals surface area contributed by atoms with Gasteiger partial charge in [0.15, 0.2) is 0 Å². The molecule has 0 aliphatic heterocycles. The van der Waals surface area contributed by atoms with E-state index in [1.54, 1.807) is 25.1 Å². The van der Waals surface area contributed by atoms with Crippen LogP contribution in [0.2, 0.25) is 15.1 Å². The average molecular weight is 426 g/mol. The molecule has 1 aliphatic carbocycles. The van der Waals surface area contributed by atoms with Crippen LogP contribution in [-0.2, 0) is 10.3 Å². The summed E-state index contributed by atoms with van der Waals surface area (Å²) < 4.78 is 0. The fraction of sp³-hybridized carbons (Fsp3) is 0.300. The number of halogens is 3.